The molecule has 94 valence electrons. The van der Waals surface area contributed by atoms with Crippen molar-refractivity contribution in [1.29, 1.82) is 0 Å². The summed E-state index contributed by atoms with van der Waals surface area (Å²) in [5.41, 5.74) is 0. The lowest BCUT2D eigenvalue weighted by Crippen LogP contribution is -2.34. The van der Waals surface area contributed by atoms with E-state index < -0.39 is 11.0 Å². The first-order valence-electron chi connectivity index (χ1n) is 5.87. The molecule has 1 aliphatic rings. The molecule has 1 N–H and O–H groups in total. The van der Waals surface area contributed by atoms with E-state index in [0.717, 1.165) is 25.7 Å². The lowest BCUT2D eigenvalue weighted by Gasteiger charge is -2.27. The van der Waals surface area contributed by atoms with E-state index in [1.807, 2.05) is 6.92 Å². The first-order chi connectivity index (χ1) is 7.61. The van der Waals surface area contributed by atoms with E-state index in [9.17, 15) is 9.00 Å². The molecule has 1 saturated carbocycles. The maximum atomic E-state index is 11.3. The van der Waals surface area contributed by atoms with Gasteiger partial charge in [-0.05, 0) is 38.5 Å². The summed E-state index contributed by atoms with van der Waals surface area (Å²) < 4.78 is 19.0. The Labute approximate surface area is 99.7 Å². The molecule has 1 rings (SSSR count). The highest BCUT2D eigenvalue weighted by molar-refractivity contribution is 7.82. The summed E-state index contributed by atoms with van der Waals surface area (Å²) in [5.74, 6) is 0.361. The summed E-state index contributed by atoms with van der Waals surface area (Å²) in [6, 6.07) is 0.351. The topological polar surface area (TPSA) is 55.4 Å². The van der Waals surface area contributed by atoms with Gasteiger partial charge in [-0.2, -0.15) is 0 Å². The SMILES string of the molecule is CCOC(=O)CC1CCC(NS(C)=O)CC1. The predicted molar refractivity (Wildman–Crippen MR) is 64.2 cm³/mol. The number of ether oxygens (including phenoxy) is 1. The molecule has 0 aromatic carbocycles. The van der Waals surface area contributed by atoms with Crippen LogP contribution < -0.4 is 4.72 Å². The average molecular weight is 247 g/mol. The number of hydrogen-bond donors (Lipinski definition) is 1. The molecule has 1 aliphatic carbocycles. The number of carbonyl (C=O) groups is 1. The molecule has 0 saturated heterocycles. The van der Waals surface area contributed by atoms with Gasteiger partial charge in [0, 0.05) is 18.7 Å². The van der Waals surface area contributed by atoms with Gasteiger partial charge in [-0.1, -0.05) is 0 Å². The van der Waals surface area contributed by atoms with Crippen LogP contribution in [0.1, 0.15) is 39.0 Å². The monoisotopic (exact) mass is 247 g/mol. The normalized spacial score (nSPS) is 27.4. The Morgan fingerprint density at radius 2 is 2.00 bits per heavy atom. The summed E-state index contributed by atoms with van der Waals surface area (Å²) in [5, 5.41) is 0. The maximum Gasteiger partial charge on any atom is 0.306 e. The molecule has 0 radical (unpaired) electrons. The van der Waals surface area contributed by atoms with Crippen LogP contribution in [0.4, 0.5) is 0 Å². The van der Waals surface area contributed by atoms with Crippen LogP contribution in [0.25, 0.3) is 0 Å². The summed E-state index contributed by atoms with van der Waals surface area (Å²) in [4.78, 5) is 11.3. The van der Waals surface area contributed by atoms with E-state index in [4.69, 9.17) is 4.74 Å². The molecule has 1 unspecified atom stereocenters. The first-order valence-corrected chi connectivity index (χ1v) is 7.42. The van der Waals surface area contributed by atoms with Gasteiger partial charge >= 0.3 is 5.97 Å². The Bertz CT molecular complexity index is 250. The van der Waals surface area contributed by atoms with Crippen LogP contribution in [0.2, 0.25) is 0 Å². The van der Waals surface area contributed by atoms with Crippen molar-refractivity contribution in [3.63, 3.8) is 0 Å². The quantitative estimate of drug-likeness (QED) is 0.747. The number of nitrogens with one attached hydrogen (secondary N) is 1. The second-order valence-corrected chi connectivity index (χ2v) is 5.44. The van der Waals surface area contributed by atoms with Crippen LogP contribution in [0, 0.1) is 5.92 Å². The van der Waals surface area contributed by atoms with Crippen molar-refractivity contribution in [3.8, 4) is 0 Å². The van der Waals surface area contributed by atoms with E-state index in [1.54, 1.807) is 6.26 Å². The van der Waals surface area contributed by atoms with Gasteiger partial charge in [0.15, 0.2) is 0 Å². The third-order valence-electron chi connectivity index (χ3n) is 2.94. The fraction of sp³-hybridized carbons (Fsp3) is 0.909. The van der Waals surface area contributed by atoms with Crippen molar-refractivity contribution in [2.24, 2.45) is 5.92 Å². The molecule has 0 bridgehead atoms. The Hall–Kier alpha value is -0.420. The van der Waals surface area contributed by atoms with Crippen LogP contribution in [-0.4, -0.2) is 29.1 Å². The van der Waals surface area contributed by atoms with Crippen LogP contribution >= 0.6 is 0 Å². The van der Waals surface area contributed by atoms with Gasteiger partial charge in [-0.3, -0.25) is 4.79 Å². The number of esters is 1. The number of hydrogen-bond acceptors (Lipinski definition) is 3. The molecule has 0 heterocycles. The summed E-state index contributed by atoms with van der Waals surface area (Å²) in [7, 11) is -0.930. The molecule has 0 spiro atoms. The van der Waals surface area contributed by atoms with Crippen molar-refractivity contribution in [3.05, 3.63) is 0 Å². The molecule has 0 aromatic rings. The van der Waals surface area contributed by atoms with Crippen molar-refractivity contribution < 1.29 is 13.7 Å². The third-order valence-corrected chi connectivity index (χ3v) is 3.61. The lowest BCUT2D eigenvalue weighted by atomic mass is 9.84. The van der Waals surface area contributed by atoms with Crippen LogP contribution in [-0.2, 0) is 20.5 Å². The van der Waals surface area contributed by atoms with Crippen molar-refractivity contribution in [1.82, 2.24) is 4.72 Å². The number of carbonyl (C=O) groups excluding carboxylic acids is 1. The minimum atomic E-state index is -0.930. The average Bonchev–Trinajstić information content (AvgIpc) is 2.20. The summed E-state index contributed by atoms with van der Waals surface area (Å²) >= 11 is 0. The molecule has 16 heavy (non-hydrogen) atoms. The molecular weight excluding hydrogens is 226 g/mol. The Morgan fingerprint density at radius 3 is 2.50 bits per heavy atom. The zero-order valence-electron chi connectivity index (χ0n) is 10.0. The van der Waals surface area contributed by atoms with Gasteiger partial charge in [0.25, 0.3) is 0 Å². The molecule has 0 amide bonds. The first kappa shape index (κ1) is 13.6. The second-order valence-electron chi connectivity index (χ2n) is 4.30. The standard InChI is InChI=1S/C11H21NO3S/c1-3-15-11(13)8-9-4-6-10(7-5-9)12-16(2)14/h9-10,12H,3-8H2,1-2H3. The van der Waals surface area contributed by atoms with E-state index in [2.05, 4.69) is 4.72 Å². The third kappa shape index (κ3) is 5.07. The predicted octanol–water partition coefficient (Wildman–Crippen LogP) is 1.38. The van der Waals surface area contributed by atoms with Crippen LogP contribution in [0.5, 0.6) is 0 Å². The fourth-order valence-electron chi connectivity index (χ4n) is 2.17. The Balaban J connectivity index is 2.21. The summed E-state index contributed by atoms with van der Waals surface area (Å²) in [6.07, 6.45) is 6.25. The maximum absolute atomic E-state index is 11.3. The van der Waals surface area contributed by atoms with Gasteiger partial charge in [-0.15, -0.1) is 0 Å². The van der Waals surface area contributed by atoms with Crippen LogP contribution in [0.15, 0.2) is 0 Å². The van der Waals surface area contributed by atoms with E-state index in [-0.39, 0.29) is 5.97 Å². The molecular formula is C11H21NO3S. The highest BCUT2D eigenvalue weighted by atomic mass is 32.2. The number of rotatable bonds is 5. The highest BCUT2D eigenvalue weighted by Crippen LogP contribution is 2.27. The van der Waals surface area contributed by atoms with Gasteiger partial charge in [0.1, 0.15) is 0 Å². The minimum absolute atomic E-state index is 0.0852. The van der Waals surface area contributed by atoms with Crippen molar-refractivity contribution in [2.75, 3.05) is 12.9 Å². The van der Waals surface area contributed by atoms with Crippen molar-refractivity contribution >= 4 is 17.0 Å². The molecule has 0 aliphatic heterocycles. The molecule has 4 nitrogen and oxygen atoms in total. The molecule has 1 atom stereocenters. The van der Waals surface area contributed by atoms with Crippen molar-refractivity contribution in [2.45, 2.75) is 45.1 Å². The minimum Gasteiger partial charge on any atom is -0.466 e. The van der Waals surface area contributed by atoms with Gasteiger partial charge in [0.2, 0.25) is 0 Å². The lowest BCUT2D eigenvalue weighted by molar-refractivity contribution is -0.144. The highest BCUT2D eigenvalue weighted by Gasteiger charge is 2.23. The second kappa shape index (κ2) is 7.01. The molecule has 0 aromatic heterocycles. The fourth-order valence-corrected chi connectivity index (χ4v) is 2.88. The Kier molecular flexibility index (Phi) is 5.98. The van der Waals surface area contributed by atoms with Crippen LogP contribution in [0.3, 0.4) is 0 Å². The van der Waals surface area contributed by atoms with Gasteiger partial charge < -0.3 is 4.74 Å². The van der Waals surface area contributed by atoms with Gasteiger partial charge in [0.05, 0.1) is 17.6 Å². The molecule has 1 fully saturated rings. The van der Waals surface area contributed by atoms with E-state index in [1.165, 1.54) is 0 Å². The smallest absolute Gasteiger partial charge is 0.306 e. The zero-order valence-corrected chi connectivity index (χ0v) is 10.8. The largest absolute Gasteiger partial charge is 0.466 e. The Morgan fingerprint density at radius 1 is 1.38 bits per heavy atom. The zero-order chi connectivity index (χ0) is 12.0. The van der Waals surface area contributed by atoms with E-state index in [0.29, 0.717) is 25.0 Å². The van der Waals surface area contributed by atoms with Gasteiger partial charge in [-0.25, -0.2) is 8.93 Å². The van der Waals surface area contributed by atoms with E-state index >= 15 is 0 Å². The molecule has 5 heteroatoms. The summed E-state index contributed by atoms with van der Waals surface area (Å²) in [6.45, 7) is 2.29.